The van der Waals surface area contributed by atoms with Gasteiger partial charge in [-0.05, 0) is 31.9 Å². The van der Waals surface area contributed by atoms with Crippen molar-refractivity contribution in [3.05, 3.63) is 12.2 Å². The zero-order valence-electron chi connectivity index (χ0n) is 7.81. The second-order valence-electron chi connectivity index (χ2n) is 4.20. The van der Waals surface area contributed by atoms with E-state index in [2.05, 4.69) is 18.5 Å². The van der Waals surface area contributed by atoms with Crippen molar-refractivity contribution in [2.45, 2.75) is 24.9 Å². The maximum atomic E-state index is 5.82. The van der Waals surface area contributed by atoms with Crippen molar-refractivity contribution in [2.75, 3.05) is 26.7 Å². The molecule has 68 valence electrons. The Hall–Kier alpha value is -0.340. The average Bonchev–Trinajstić information content (AvgIpc) is 2.40. The maximum Gasteiger partial charge on any atom is 0.0749 e. The van der Waals surface area contributed by atoms with Crippen molar-refractivity contribution in [1.82, 2.24) is 4.90 Å². The molecule has 0 bridgehead atoms. The molecule has 12 heavy (non-hydrogen) atoms. The molecule has 2 aliphatic heterocycles. The molecule has 0 aromatic heterocycles. The highest BCUT2D eigenvalue weighted by Gasteiger charge is 2.38. The molecule has 0 amide bonds. The van der Waals surface area contributed by atoms with Gasteiger partial charge in [0.15, 0.2) is 0 Å². The molecule has 2 aliphatic rings. The van der Waals surface area contributed by atoms with Gasteiger partial charge in [0.05, 0.1) is 12.2 Å². The summed E-state index contributed by atoms with van der Waals surface area (Å²) in [5.74, 6) is 0. The topological polar surface area (TPSA) is 12.5 Å². The highest BCUT2D eigenvalue weighted by molar-refractivity contribution is 5.09. The van der Waals surface area contributed by atoms with Crippen molar-refractivity contribution in [1.29, 1.82) is 0 Å². The molecule has 0 N–H and O–H groups in total. The molecular weight excluding hydrogens is 150 g/mol. The standard InChI is InChI=1S/C10H17NO/c1-9-7-10(12-8-9)3-5-11(2)6-4-10/h1,3-8H2,2H3. The van der Waals surface area contributed by atoms with E-state index in [1.165, 1.54) is 31.5 Å². The SMILES string of the molecule is C=C1COC2(CCN(C)CC2)C1. The van der Waals surface area contributed by atoms with Gasteiger partial charge in [-0.15, -0.1) is 0 Å². The summed E-state index contributed by atoms with van der Waals surface area (Å²) in [6.45, 7) is 7.13. The molecule has 2 fully saturated rings. The summed E-state index contributed by atoms with van der Waals surface area (Å²) in [5.41, 5.74) is 1.46. The molecule has 2 heteroatoms. The predicted octanol–water partition coefficient (Wildman–Crippen LogP) is 1.43. The van der Waals surface area contributed by atoms with Crippen LogP contribution in [0, 0.1) is 0 Å². The van der Waals surface area contributed by atoms with E-state index in [-0.39, 0.29) is 5.60 Å². The van der Waals surface area contributed by atoms with Crippen LogP contribution in [0.15, 0.2) is 12.2 Å². The number of hydrogen-bond donors (Lipinski definition) is 0. The van der Waals surface area contributed by atoms with Crippen molar-refractivity contribution in [3.63, 3.8) is 0 Å². The first-order chi connectivity index (χ1) is 5.70. The minimum atomic E-state index is 0.184. The molecule has 2 saturated heterocycles. The van der Waals surface area contributed by atoms with E-state index in [0.717, 1.165) is 13.0 Å². The van der Waals surface area contributed by atoms with Crippen molar-refractivity contribution in [2.24, 2.45) is 0 Å². The van der Waals surface area contributed by atoms with Crippen LogP contribution in [0.5, 0.6) is 0 Å². The molecule has 0 aromatic carbocycles. The lowest BCUT2D eigenvalue weighted by Crippen LogP contribution is -2.42. The van der Waals surface area contributed by atoms with E-state index in [0.29, 0.717) is 0 Å². The highest BCUT2D eigenvalue weighted by Crippen LogP contribution is 2.37. The van der Waals surface area contributed by atoms with E-state index in [1.807, 2.05) is 0 Å². The van der Waals surface area contributed by atoms with Gasteiger partial charge in [-0.3, -0.25) is 0 Å². The van der Waals surface area contributed by atoms with Crippen LogP contribution in [0.4, 0.5) is 0 Å². The quantitative estimate of drug-likeness (QED) is 0.506. The fourth-order valence-corrected chi connectivity index (χ4v) is 2.16. The fraction of sp³-hybridized carbons (Fsp3) is 0.800. The van der Waals surface area contributed by atoms with Crippen LogP contribution in [0.1, 0.15) is 19.3 Å². The molecule has 0 aromatic rings. The van der Waals surface area contributed by atoms with Gasteiger partial charge >= 0.3 is 0 Å². The minimum Gasteiger partial charge on any atom is -0.370 e. The molecule has 0 aliphatic carbocycles. The summed E-state index contributed by atoms with van der Waals surface area (Å²) < 4.78 is 5.82. The number of hydrogen-bond acceptors (Lipinski definition) is 2. The van der Waals surface area contributed by atoms with E-state index in [9.17, 15) is 0 Å². The van der Waals surface area contributed by atoms with E-state index in [1.54, 1.807) is 0 Å². The molecule has 2 heterocycles. The second kappa shape index (κ2) is 2.86. The van der Waals surface area contributed by atoms with Crippen LogP contribution in [-0.4, -0.2) is 37.2 Å². The van der Waals surface area contributed by atoms with Crippen LogP contribution >= 0.6 is 0 Å². The highest BCUT2D eigenvalue weighted by atomic mass is 16.5. The van der Waals surface area contributed by atoms with E-state index < -0.39 is 0 Å². The smallest absolute Gasteiger partial charge is 0.0749 e. The third kappa shape index (κ3) is 1.41. The summed E-state index contributed by atoms with van der Waals surface area (Å²) in [7, 11) is 2.18. The number of nitrogens with zero attached hydrogens (tertiary/aromatic N) is 1. The molecule has 2 nitrogen and oxygen atoms in total. The molecule has 0 saturated carbocycles. The van der Waals surface area contributed by atoms with Gasteiger partial charge < -0.3 is 9.64 Å². The van der Waals surface area contributed by atoms with Crippen LogP contribution in [0.3, 0.4) is 0 Å². The summed E-state index contributed by atoms with van der Waals surface area (Å²) in [4.78, 5) is 2.37. The Morgan fingerprint density at radius 2 is 2.08 bits per heavy atom. The third-order valence-corrected chi connectivity index (χ3v) is 3.05. The summed E-state index contributed by atoms with van der Waals surface area (Å²) in [5, 5.41) is 0. The van der Waals surface area contributed by atoms with Gasteiger partial charge in [0.25, 0.3) is 0 Å². The zero-order valence-corrected chi connectivity index (χ0v) is 7.81. The van der Waals surface area contributed by atoms with Gasteiger partial charge in [-0.1, -0.05) is 6.58 Å². The second-order valence-corrected chi connectivity index (χ2v) is 4.20. The Bertz CT molecular complexity index is 192. The lowest BCUT2D eigenvalue weighted by molar-refractivity contribution is -0.0388. The number of likely N-dealkylation sites (tertiary alicyclic amines) is 1. The number of rotatable bonds is 0. The largest absolute Gasteiger partial charge is 0.370 e. The molecule has 0 atom stereocenters. The van der Waals surface area contributed by atoms with Crippen LogP contribution in [0.2, 0.25) is 0 Å². The molecule has 0 radical (unpaired) electrons. The summed E-state index contributed by atoms with van der Waals surface area (Å²) in [6, 6.07) is 0. The van der Waals surface area contributed by atoms with E-state index >= 15 is 0 Å². The van der Waals surface area contributed by atoms with Gasteiger partial charge in [0.2, 0.25) is 0 Å². The summed E-state index contributed by atoms with van der Waals surface area (Å²) in [6.07, 6.45) is 3.46. The zero-order chi connectivity index (χ0) is 8.60. The number of ether oxygens (including phenoxy) is 1. The molecule has 0 unspecified atom stereocenters. The first kappa shape index (κ1) is 8.27. The first-order valence-corrected chi connectivity index (χ1v) is 4.69. The van der Waals surface area contributed by atoms with Gasteiger partial charge in [-0.25, -0.2) is 0 Å². The van der Waals surface area contributed by atoms with Crippen molar-refractivity contribution >= 4 is 0 Å². The lowest BCUT2D eigenvalue weighted by Gasteiger charge is -2.36. The summed E-state index contributed by atoms with van der Waals surface area (Å²) >= 11 is 0. The van der Waals surface area contributed by atoms with Gasteiger partial charge in [-0.2, -0.15) is 0 Å². The Morgan fingerprint density at radius 1 is 1.42 bits per heavy atom. The number of piperidine rings is 1. The van der Waals surface area contributed by atoms with Crippen LogP contribution in [-0.2, 0) is 4.74 Å². The average molecular weight is 167 g/mol. The van der Waals surface area contributed by atoms with E-state index in [4.69, 9.17) is 4.74 Å². The van der Waals surface area contributed by atoms with Crippen molar-refractivity contribution < 1.29 is 4.74 Å². The lowest BCUT2D eigenvalue weighted by atomic mass is 9.88. The third-order valence-electron chi connectivity index (χ3n) is 3.05. The first-order valence-electron chi connectivity index (χ1n) is 4.69. The Kier molecular flexibility index (Phi) is 1.97. The van der Waals surface area contributed by atoms with Crippen LogP contribution < -0.4 is 0 Å². The molecular formula is C10H17NO. The molecule has 1 spiro atoms. The monoisotopic (exact) mass is 167 g/mol. The Labute approximate surface area is 74.2 Å². The Morgan fingerprint density at radius 3 is 2.58 bits per heavy atom. The Balaban J connectivity index is 1.99. The van der Waals surface area contributed by atoms with Gasteiger partial charge in [0.1, 0.15) is 0 Å². The van der Waals surface area contributed by atoms with Gasteiger partial charge in [0, 0.05) is 13.1 Å². The normalized spacial score (nSPS) is 29.9. The predicted molar refractivity (Wildman–Crippen MR) is 49.2 cm³/mol. The van der Waals surface area contributed by atoms with Crippen molar-refractivity contribution in [3.8, 4) is 0 Å². The maximum absolute atomic E-state index is 5.82. The van der Waals surface area contributed by atoms with Crippen LogP contribution in [0.25, 0.3) is 0 Å². The molecule has 2 rings (SSSR count). The fourth-order valence-electron chi connectivity index (χ4n) is 2.16. The minimum absolute atomic E-state index is 0.184.